The molecule has 0 aliphatic carbocycles. The summed E-state index contributed by atoms with van der Waals surface area (Å²) in [5, 5.41) is 0. The molecule has 0 aliphatic heterocycles. The van der Waals surface area contributed by atoms with Crippen molar-refractivity contribution in [2.45, 2.75) is 47.0 Å². The standard InChI is InChI=1S/C19H23N3/c1-5-7-15-8-10-16(11-9-15)22-17(6-2)21-18-13(3)12-14(4)20-19(18)22/h8-12H,5-7H2,1-4H3. The molecule has 0 fully saturated rings. The molecule has 0 unspecified atom stereocenters. The quantitative estimate of drug-likeness (QED) is 0.706. The monoisotopic (exact) mass is 293 g/mol. The Balaban J connectivity index is 2.20. The van der Waals surface area contributed by atoms with Crippen molar-refractivity contribution in [2.75, 3.05) is 0 Å². The topological polar surface area (TPSA) is 30.7 Å². The van der Waals surface area contributed by atoms with Crippen LogP contribution in [0.2, 0.25) is 0 Å². The van der Waals surface area contributed by atoms with Crippen LogP contribution in [0.15, 0.2) is 30.3 Å². The molecule has 0 N–H and O–H groups in total. The number of hydrogen-bond donors (Lipinski definition) is 0. The van der Waals surface area contributed by atoms with Crippen LogP contribution in [0.3, 0.4) is 0 Å². The molecule has 0 bridgehead atoms. The molecule has 0 amide bonds. The molecule has 0 spiro atoms. The minimum absolute atomic E-state index is 0.894. The fourth-order valence-corrected chi connectivity index (χ4v) is 3.01. The van der Waals surface area contributed by atoms with E-state index in [1.54, 1.807) is 0 Å². The molecule has 2 heterocycles. The fourth-order valence-electron chi connectivity index (χ4n) is 3.01. The molecule has 1 aromatic carbocycles. The van der Waals surface area contributed by atoms with Gasteiger partial charge in [-0.1, -0.05) is 32.4 Å². The molecule has 0 saturated heterocycles. The summed E-state index contributed by atoms with van der Waals surface area (Å²) in [6.45, 7) is 8.51. The highest BCUT2D eigenvalue weighted by Crippen LogP contribution is 2.24. The van der Waals surface area contributed by atoms with Gasteiger partial charge >= 0.3 is 0 Å². The Kier molecular flexibility index (Phi) is 3.97. The molecule has 3 rings (SSSR count). The summed E-state index contributed by atoms with van der Waals surface area (Å²) in [4.78, 5) is 9.55. The predicted octanol–water partition coefficient (Wildman–Crippen LogP) is 4.55. The van der Waals surface area contributed by atoms with Gasteiger partial charge in [-0.15, -0.1) is 0 Å². The lowest BCUT2D eigenvalue weighted by molar-refractivity contribution is 0.893. The van der Waals surface area contributed by atoms with Crippen molar-refractivity contribution in [3.63, 3.8) is 0 Å². The Bertz CT molecular complexity index is 798. The van der Waals surface area contributed by atoms with E-state index in [1.165, 1.54) is 17.5 Å². The van der Waals surface area contributed by atoms with E-state index in [4.69, 9.17) is 9.97 Å². The van der Waals surface area contributed by atoms with Crippen molar-refractivity contribution in [3.05, 3.63) is 53.0 Å². The summed E-state index contributed by atoms with van der Waals surface area (Å²) in [6.07, 6.45) is 3.20. The second-order valence-corrected chi connectivity index (χ2v) is 5.89. The van der Waals surface area contributed by atoms with Gasteiger partial charge in [0.15, 0.2) is 5.65 Å². The first-order valence-corrected chi connectivity index (χ1v) is 8.09. The number of imidazole rings is 1. The number of benzene rings is 1. The average molecular weight is 293 g/mol. The highest BCUT2D eigenvalue weighted by atomic mass is 15.1. The summed E-state index contributed by atoms with van der Waals surface area (Å²) in [5.41, 5.74) is 6.75. The van der Waals surface area contributed by atoms with Gasteiger partial charge in [0.05, 0.1) is 0 Å². The summed E-state index contributed by atoms with van der Waals surface area (Å²) in [7, 11) is 0. The van der Waals surface area contributed by atoms with Crippen molar-refractivity contribution in [1.29, 1.82) is 0 Å². The maximum absolute atomic E-state index is 4.81. The zero-order chi connectivity index (χ0) is 15.7. The Morgan fingerprint density at radius 1 is 1.00 bits per heavy atom. The molecule has 0 aliphatic rings. The highest BCUT2D eigenvalue weighted by Gasteiger charge is 2.14. The van der Waals surface area contributed by atoms with Gasteiger partial charge in [-0.3, -0.25) is 4.57 Å². The van der Waals surface area contributed by atoms with Crippen molar-refractivity contribution >= 4 is 11.2 Å². The van der Waals surface area contributed by atoms with Crippen LogP contribution < -0.4 is 0 Å². The maximum Gasteiger partial charge on any atom is 0.165 e. The van der Waals surface area contributed by atoms with Crippen LogP contribution in [0.5, 0.6) is 0 Å². The average Bonchev–Trinajstić information content (AvgIpc) is 2.87. The van der Waals surface area contributed by atoms with Crippen LogP contribution in [-0.2, 0) is 12.8 Å². The Hall–Kier alpha value is -2.16. The number of fused-ring (bicyclic) bond motifs is 1. The SMILES string of the molecule is CCCc1ccc(-n2c(CC)nc3c(C)cc(C)nc32)cc1. The second kappa shape index (κ2) is 5.91. The third kappa shape index (κ3) is 2.52. The molecule has 3 nitrogen and oxygen atoms in total. The maximum atomic E-state index is 4.81. The summed E-state index contributed by atoms with van der Waals surface area (Å²) < 4.78 is 2.20. The number of aryl methyl sites for hydroxylation is 4. The van der Waals surface area contributed by atoms with Gasteiger partial charge in [0.25, 0.3) is 0 Å². The molecule has 3 aromatic rings. The first-order chi connectivity index (χ1) is 10.6. The first kappa shape index (κ1) is 14.8. The van der Waals surface area contributed by atoms with Crippen molar-refractivity contribution in [3.8, 4) is 5.69 Å². The van der Waals surface area contributed by atoms with Gasteiger partial charge in [-0.25, -0.2) is 9.97 Å². The molecule has 114 valence electrons. The number of rotatable bonds is 4. The molecular weight excluding hydrogens is 270 g/mol. The lowest BCUT2D eigenvalue weighted by Crippen LogP contribution is -2.01. The highest BCUT2D eigenvalue weighted by molar-refractivity contribution is 5.78. The van der Waals surface area contributed by atoms with Crippen LogP contribution in [0.25, 0.3) is 16.9 Å². The van der Waals surface area contributed by atoms with Crippen molar-refractivity contribution in [1.82, 2.24) is 14.5 Å². The zero-order valence-corrected chi connectivity index (χ0v) is 13.8. The summed E-state index contributed by atoms with van der Waals surface area (Å²) in [6, 6.07) is 10.9. The van der Waals surface area contributed by atoms with E-state index in [1.807, 2.05) is 6.92 Å². The van der Waals surface area contributed by atoms with Crippen LogP contribution >= 0.6 is 0 Å². The van der Waals surface area contributed by atoms with E-state index >= 15 is 0 Å². The lowest BCUT2D eigenvalue weighted by atomic mass is 10.1. The van der Waals surface area contributed by atoms with E-state index < -0.39 is 0 Å². The fraction of sp³-hybridized carbons (Fsp3) is 0.368. The molecule has 2 aromatic heterocycles. The van der Waals surface area contributed by atoms with Gasteiger partial charge in [0, 0.05) is 17.8 Å². The van der Waals surface area contributed by atoms with E-state index in [9.17, 15) is 0 Å². The van der Waals surface area contributed by atoms with E-state index in [0.717, 1.165) is 41.2 Å². The zero-order valence-electron chi connectivity index (χ0n) is 13.8. The predicted molar refractivity (Wildman–Crippen MR) is 91.7 cm³/mol. The van der Waals surface area contributed by atoms with Crippen LogP contribution in [0, 0.1) is 13.8 Å². The minimum atomic E-state index is 0.894. The van der Waals surface area contributed by atoms with Crippen LogP contribution in [0.1, 0.15) is 42.9 Å². The van der Waals surface area contributed by atoms with Crippen molar-refractivity contribution < 1.29 is 0 Å². The summed E-state index contributed by atoms with van der Waals surface area (Å²) in [5.74, 6) is 1.07. The third-order valence-electron chi connectivity index (χ3n) is 4.05. The molecule has 3 heteroatoms. The minimum Gasteiger partial charge on any atom is -0.281 e. The van der Waals surface area contributed by atoms with Gasteiger partial charge in [0.2, 0.25) is 0 Å². The Labute approximate surface area is 132 Å². The van der Waals surface area contributed by atoms with Crippen LogP contribution in [0.4, 0.5) is 0 Å². The Morgan fingerprint density at radius 3 is 2.36 bits per heavy atom. The van der Waals surface area contributed by atoms with Crippen molar-refractivity contribution in [2.24, 2.45) is 0 Å². The summed E-state index contributed by atoms with van der Waals surface area (Å²) >= 11 is 0. The smallest absolute Gasteiger partial charge is 0.165 e. The number of nitrogens with zero attached hydrogens (tertiary/aromatic N) is 3. The normalized spacial score (nSPS) is 11.3. The number of aromatic nitrogens is 3. The van der Waals surface area contributed by atoms with Gasteiger partial charge in [0.1, 0.15) is 11.3 Å². The van der Waals surface area contributed by atoms with E-state index in [2.05, 4.69) is 55.7 Å². The Morgan fingerprint density at radius 2 is 1.73 bits per heavy atom. The van der Waals surface area contributed by atoms with Gasteiger partial charge in [-0.05, 0) is 49.6 Å². The molecule has 22 heavy (non-hydrogen) atoms. The van der Waals surface area contributed by atoms with Gasteiger partial charge < -0.3 is 0 Å². The van der Waals surface area contributed by atoms with E-state index in [0.29, 0.717) is 0 Å². The molecule has 0 saturated carbocycles. The largest absolute Gasteiger partial charge is 0.281 e. The van der Waals surface area contributed by atoms with E-state index in [-0.39, 0.29) is 0 Å². The first-order valence-electron chi connectivity index (χ1n) is 8.09. The molecule has 0 atom stereocenters. The third-order valence-corrected chi connectivity index (χ3v) is 4.05. The second-order valence-electron chi connectivity index (χ2n) is 5.89. The van der Waals surface area contributed by atoms with Crippen LogP contribution in [-0.4, -0.2) is 14.5 Å². The van der Waals surface area contributed by atoms with Gasteiger partial charge in [-0.2, -0.15) is 0 Å². The number of hydrogen-bond acceptors (Lipinski definition) is 2. The number of pyridine rings is 1. The lowest BCUT2D eigenvalue weighted by Gasteiger charge is -2.09. The molecule has 0 radical (unpaired) electrons. The molecular formula is C19H23N3.